The summed E-state index contributed by atoms with van der Waals surface area (Å²) in [7, 11) is 0. The first-order chi connectivity index (χ1) is 7.54. The summed E-state index contributed by atoms with van der Waals surface area (Å²) in [6.45, 7) is 3.85. The Labute approximate surface area is 95.7 Å². The topological polar surface area (TPSA) is 26.0 Å². The van der Waals surface area contributed by atoms with Crippen molar-refractivity contribution in [3.63, 3.8) is 0 Å². The fourth-order valence-electron chi connectivity index (χ4n) is 1.71. The standard InChI is InChI=1S/C13H19F2N/c1-3-10-7-11(6-4-5-9(2)16)13(15)12(14)8-10/h7-9H,3-6,16H2,1-2H3. The van der Waals surface area contributed by atoms with E-state index in [4.69, 9.17) is 5.73 Å². The van der Waals surface area contributed by atoms with Gasteiger partial charge in [0.2, 0.25) is 0 Å². The third-order valence-corrected chi connectivity index (χ3v) is 2.68. The first-order valence-corrected chi connectivity index (χ1v) is 5.77. The molecule has 0 aliphatic heterocycles. The second kappa shape index (κ2) is 5.94. The van der Waals surface area contributed by atoms with E-state index in [1.165, 1.54) is 6.07 Å². The van der Waals surface area contributed by atoms with E-state index in [0.29, 0.717) is 12.0 Å². The molecule has 1 atom stereocenters. The molecule has 0 bridgehead atoms. The Balaban J connectivity index is 2.74. The van der Waals surface area contributed by atoms with E-state index in [9.17, 15) is 8.78 Å². The molecule has 0 saturated heterocycles. The molecule has 0 aliphatic carbocycles. The van der Waals surface area contributed by atoms with Crippen molar-refractivity contribution in [3.05, 3.63) is 34.9 Å². The van der Waals surface area contributed by atoms with Gasteiger partial charge < -0.3 is 5.73 Å². The molecule has 90 valence electrons. The zero-order chi connectivity index (χ0) is 12.1. The predicted octanol–water partition coefficient (Wildman–Crippen LogP) is 3.20. The fourth-order valence-corrected chi connectivity index (χ4v) is 1.71. The normalized spacial score (nSPS) is 12.8. The van der Waals surface area contributed by atoms with E-state index in [-0.39, 0.29) is 6.04 Å². The van der Waals surface area contributed by atoms with Crippen LogP contribution in [0, 0.1) is 11.6 Å². The lowest BCUT2D eigenvalue weighted by molar-refractivity contribution is 0.493. The van der Waals surface area contributed by atoms with Gasteiger partial charge in [0.05, 0.1) is 0 Å². The van der Waals surface area contributed by atoms with Crippen LogP contribution in [0.5, 0.6) is 0 Å². The lowest BCUT2D eigenvalue weighted by Crippen LogP contribution is -2.14. The molecule has 1 rings (SSSR count). The second-order valence-electron chi connectivity index (χ2n) is 4.27. The van der Waals surface area contributed by atoms with Gasteiger partial charge in [-0.15, -0.1) is 0 Å². The summed E-state index contributed by atoms with van der Waals surface area (Å²) in [6, 6.07) is 3.13. The summed E-state index contributed by atoms with van der Waals surface area (Å²) >= 11 is 0. The summed E-state index contributed by atoms with van der Waals surface area (Å²) < 4.78 is 26.6. The van der Waals surface area contributed by atoms with E-state index in [2.05, 4.69) is 0 Å². The fraction of sp³-hybridized carbons (Fsp3) is 0.538. The van der Waals surface area contributed by atoms with E-state index in [1.807, 2.05) is 13.8 Å². The Morgan fingerprint density at radius 3 is 2.56 bits per heavy atom. The summed E-state index contributed by atoms with van der Waals surface area (Å²) in [6.07, 6.45) is 2.90. The molecule has 1 aromatic rings. The van der Waals surface area contributed by atoms with Crippen LogP contribution in [-0.2, 0) is 12.8 Å². The first-order valence-electron chi connectivity index (χ1n) is 5.77. The zero-order valence-corrected chi connectivity index (χ0v) is 9.89. The molecular formula is C13H19F2N. The monoisotopic (exact) mass is 227 g/mol. The third-order valence-electron chi connectivity index (χ3n) is 2.68. The maximum Gasteiger partial charge on any atom is 0.162 e. The van der Waals surface area contributed by atoms with Gasteiger partial charge in [-0.25, -0.2) is 8.78 Å². The molecule has 0 amide bonds. The number of halogens is 2. The Morgan fingerprint density at radius 2 is 2.00 bits per heavy atom. The second-order valence-corrected chi connectivity index (χ2v) is 4.27. The maximum atomic E-state index is 13.4. The number of aryl methyl sites for hydroxylation is 2. The zero-order valence-electron chi connectivity index (χ0n) is 9.89. The molecule has 0 saturated carbocycles. The number of benzene rings is 1. The third kappa shape index (κ3) is 3.56. The average molecular weight is 227 g/mol. The van der Waals surface area contributed by atoms with Crippen LogP contribution in [0.1, 0.15) is 37.8 Å². The summed E-state index contributed by atoms with van der Waals surface area (Å²) in [4.78, 5) is 0. The molecule has 16 heavy (non-hydrogen) atoms. The number of nitrogens with two attached hydrogens (primary N) is 1. The van der Waals surface area contributed by atoms with Gasteiger partial charge in [0, 0.05) is 6.04 Å². The summed E-state index contributed by atoms with van der Waals surface area (Å²) in [5, 5.41) is 0. The molecule has 0 heterocycles. The molecular weight excluding hydrogens is 208 g/mol. The van der Waals surface area contributed by atoms with Gasteiger partial charge in [-0.3, -0.25) is 0 Å². The van der Waals surface area contributed by atoms with E-state index < -0.39 is 11.6 Å². The van der Waals surface area contributed by atoms with Crippen molar-refractivity contribution in [2.24, 2.45) is 5.73 Å². The molecule has 0 aromatic heterocycles. The van der Waals surface area contributed by atoms with Crippen LogP contribution in [-0.4, -0.2) is 6.04 Å². The van der Waals surface area contributed by atoms with Crippen molar-refractivity contribution in [1.29, 1.82) is 0 Å². The number of hydrogen-bond acceptors (Lipinski definition) is 1. The highest BCUT2D eigenvalue weighted by Crippen LogP contribution is 2.17. The van der Waals surface area contributed by atoms with Crippen molar-refractivity contribution in [3.8, 4) is 0 Å². The SMILES string of the molecule is CCc1cc(F)c(F)c(CCCC(C)N)c1. The molecule has 0 fully saturated rings. The Bertz CT molecular complexity index is 348. The highest BCUT2D eigenvalue weighted by atomic mass is 19.2. The van der Waals surface area contributed by atoms with Crippen LogP contribution in [0.3, 0.4) is 0 Å². The van der Waals surface area contributed by atoms with Crippen molar-refractivity contribution in [1.82, 2.24) is 0 Å². The highest BCUT2D eigenvalue weighted by molar-refractivity contribution is 5.26. The number of rotatable bonds is 5. The quantitative estimate of drug-likeness (QED) is 0.821. The van der Waals surface area contributed by atoms with Gasteiger partial charge in [0.1, 0.15) is 0 Å². The smallest absolute Gasteiger partial charge is 0.162 e. The minimum atomic E-state index is -0.741. The van der Waals surface area contributed by atoms with Crippen molar-refractivity contribution < 1.29 is 8.78 Å². The Morgan fingerprint density at radius 1 is 1.31 bits per heavy atom. The van der Waals surface area contributed by atoms with Crippen LogP contribution >= 0.6 is 0 Å². The van der Waals surface area contributed by atoms with Crippen LogP contribution < -0.4 is 5.73 Å². The lowest BCUT2D eigenvalue weighted by Gasteiger charge is -2.08. The molecule has 2 N–H and O–H groups in total. The predicted molar refractivity (Wildman–Crippen MR) is 62.3 cm³/mol. The minimum Gasteiger partial charge on any atom is -0.328 e. The van der Waals surface area contributed by atoms with Crippen molar-refractivity contribution in [2.75, 3.05) is 0 Å². The lowest BCUT2D eigenvalue weighted by atomic mass is 10.0. The molecule has 0 radical (unpaired) electrons. The Hall–Kier alpha value is -0.960. The summed E-state index contributed by atoms with van der Waals surface area (Å²) in [5.74, 6) is -1.45. The maximum absolute atomic E-state index is 13.4. The molecule has 1 nitrogen and oxygen atoms in total. The van der Waals surface area contributed by atoms with E-state index >= 15 is 0 Å². The summed E-state index contributed by atoms with van der Waals surface area (Å²) in [5.41, 5.74) is 6.92. The van der Waals surface area contributed by atoms with Gasteiger partial charge in [-0.2, -0.15) is 0 Å². The van der Waals surface area contributed by atoms with Gasteiger partial charge in [-0.1, -0.05) is 13.0 Å². The highest BCUT2D eigenvalue weighted by Gasteiger charge is 2.10. The van der Waals surface area contributed by atoms with Crippen LogP contribution in [0.25, 0.3) is 0 Å². The van der Waals surface area contributed by atoms with Gasteiger partial charge >= 0.3 is 0 Å². The molecule has 1 aromatic carbocycles. The van der Waals surface area contributed by atoms with Crippen LogP contribution in [0.15, 0.2) is 12.1 Å². The Kier molecular flexibility index (Phi) is 4.87. The molecule has 3 heteroatoms. The minimum absolute atomic E-state index is 0.113. The van der Waals surface area contributed by atoms with Crippen LogP contribution in [0.4, 0.5) is 8.78 Å². The number of hydrogen-bond donors (Lipinski definition) is 1. The molecule has 0 spiro atoms. The van der Waals surface area contributed by atoms with Gasteiger partial charge in [0.15, 0.2) is 11.6 Å². The van der Waals surface area contributed by atoms with Gasteiger partial charge in [-0.05, 0) is 49.8 Å². The van der Waals surface area contributed by atoms with Gasteiger partial charge in [0.25, 0.3) is 0 Å². The van der Waals surface area contributed by atoms with E-state index in [0.717, 1.165) is 24.8 Å². The van der Waals surface area contributed by atoms with Crippen molar-refractivity contribution >= 4 is 0 Å². The molecule has 0 aliphatic rings. The van der Waals surface area contributed by atoms with Crippen molar-refractivity contribution in [2.45, 2.75) is 45.6 Å². The largest absolute Gasteiger partial charge is 0.328 e. The molecule has 1 unspecified atom stereocenters. The van der Waals surface area contributed by atoms with E-state index in [1.54, 1.807) is 6.07 Å². The average Bonchev–Trinajstić information content (AvgIpc) is 2.23. The van der Waals surface area contributed by atoms with Crippen LogP contribution in [0.2, 0.25) is 0 Å². The first kappa shape index (κ1) is 13.1.